The summed E-state index contributed by atoms with van der Waals surface area (Å²) < 4.78 is 4.95. The van der Waals surface area contributed by atoms with Crippen LogP contribution >= 0.6 is 0 Å². The van der Waals surface area contributed by atoms with Crippen molar-refractivity contribution in [3.05, 3.63) is 17.0 Å². The van der Waals surface area contributed by atoms with E-state index in [0.717, 1.165) is 11.3 Å². The lowest BCUT2D eigenvalue weighted by atomic mass is 10.1. The molecule has 1 amide bonds. The van der Waals surface area contributed by atoms with Crippen LogP contribution in [0.4, 0.5) is 0 Å². The van der Waals surface area contributed by atoms with Gasteiger partial charge in [-0.3, -0.25) is 4.79 Å². The van der Waals surface area contributed by atoms with E-state index in [2.05, 4.69) is 10.5 Å². The summed E-state index contributed by atoms with van der Waals surface area (Å²) in [5.41, 5.74) is 1.57. The molecular weight excluding hydrogens is 240 g/mol. The monoisotopic (exact) mass is 256 g/mol. The van der Waals surface area contributed by atoms with E-state index in [9.17, 15) is 9.59 Å². The molecule has 0 aliphatic heterocycles. The molecule has 0 unspecified atom stereocenters. The van der Waals surface area contributed by atoms with Crippen molar-refractivity contribution in [2.24, 2.45) is 0 Å². The van der Waals surface area contributed by atoms with Gasteiger partial charge in [-0.05, 0) is 20.3 Å². The number of carboxylic acid groups (broad SMARTS) is 1. The van der Waals surface area contributed by atoms with Crippen LogP contribution in [0.5, 0.6) is 0 Å². The molecule has 7 nitrogen and oxygen atoms in total. The lowest BCUT2D eigenvalue weighted by Crippen LogP contribution is -2.43. The maximum absolute atomic E-state index is 11.5. The van der Waals surface area contributed by atoms with Gasteiger partial charge in [0.15, 0.2) is 0 Å². The molecule has 1 heterocycles. The van der Waals surface area contributed by atoms with Crippen LogP contribution in [0, 0.1) is 13.8 Å². The Morgan fingerprint density at radius 3 is 2.56 bits per heavy atom. The van der Waals surface area contributed by atoms with Crippen molar-refractivity contribution in [2.75, 3.05) is 6.61 Å². The van der Waals surface area contributed by atoms with E-state index < -0.39 is 24.5 Å². The first-order chi connectivity index (χ1) is 8.45. The number of nitrogens with zero attached hydrogens (tertiary/aromatic N) is 1. The molecule has 0 fully saturated rings. The number of carbonyl (C=O) groups is 2. The van der Waals surface area contributed by atoms with Crippen molar-refractivity contribution in [1.29, 1.82) is 0 Å². The maximum atomic E-state index is 11.5. The highest BCUT2D eigenvalue weighted by Gasteiger charge is 2.19. The highest BCUT2D eigenvalue weighted by molar-refractivity contribution is 5.83. The summed E-state index contributed by atoms with van der Waals surface area (Å²) in [7, 11) is 0. The third kappa shape index (κ3) is 3.56. The molecule has 3 N–H and O–H groups in total. The highest BCUT2D eigenvalue weighted by atomic mass is 16.5. The average molecular weight is 256 g/mol. The van der Waals surface area contributed by atoms with E-state index in [4.69, 9.17) is 14.7 Å². The molecule has 1 aromatic heterocycles. The second-order valence-corrected chi connectivity index (χ2v) is 3.94. The van der Waals surface area contributed by atoms with E-state index in [-0.39, 0.29) is 6.42 Å². The molecule has 1 rings (SSSR count). The summed E-state index contributed by atoms with van der Waals surface area (Å²) in [5.74, 6) is -1.04. The van der Waals surface area contributed by atoms with Crippen molar-refractivity contribution in [1.82, 2.24) is 10.5 Å². The van der Waals surface area contributed by atoms with Crippen LogP contribution in [-0.2, 0) is 16.0 Å². The lowest BCUT2D eigenvalue weighted by Gasteiger charge is -2.11. The molecule has 0 aliphatic carbocycles. The van der Waals surface area contributed by atoms with Crippen LogP contribution < -0.4 is 5.32 Å². The fraction of sp³-hybridized carbons (Fsp3) is 0.545. The van der Waals surface area contributed by atoms with Gasteiger partial charge in [0.1, 0.15) is 11.8 Å². The third-order valence-electron chi connectivity index (χ3n) is 2.60. The zero-order chi connectivity index (χ0) is 13.7. The van der Waals surface area contributed by atoms with Gasteiger partial charge in [-0.15, -0.1) is 0 Å². The van der Waals surface area contributed by atoms with Crippen molar-refractivity contribution in [3.8, 4) is 0 Å². The zero-order valence-electron chi connectivity index (χ0n) is 10.3. The van der Waals surface area contributed by atoms with E-state index in [1.54, 1.807) is 13.8 Å². The fourth-order valence-electron chi connectivity index (χ4n) is 1.55. The van der Waals surface area contributed by atoms with Crippen LogP contribution in [0.3, 0.4) is 0 Å². The molecule has 1 aromatic rings. The summed E-state index contributed by atoms with van der Waals surface area (Å²) in [6.45, 7) is 2.89. The minimum atomic E-state index is -1.26. The van der Waals surface area contributed by atoms with Gasteiger partial charge in [-0.2, -0.15) is 0 Å². The quantitative estimate of drug-likeness (QED) is 0.649. The molecule has 0 bridgehead atoms. The number of rotatable bonds is 6. The second kappa shape index (κ2) is 6.15. The largest absolute Gasteiger partial charge is 0.480 e. The number of hydrogen-bond donors (Lipinski definition) is 3. The van der Waals surface area contributed by atoms with E-state index in [1.807, 2.05) is 0 Å². The predicted octanol–water partition coefficient (Wildman–Crippen LogP) is -0.214. The number of carboxylic acids is 1. The number of aryl methyl sites for hydroxylation is 2. The van der Waals surface area contributed by atoms with Gasteiger partial charge in [0.05, 0.1) is 12.3 Å². The van der Waals surface area contributed by atoms with Gasteiger partial charge in [0.25, 0.3) is 0 Å². The minimum Gasteiger partial charge on any atom is -0.480 e. The molecule has 0 radical (unpaired) electrons. The average Bonchev–Trinajstić information content (AvgIpc) is 2.63. The Morgan fingerprint density at radius 2 is 2.11 bits per heavy atom. The Balaban J connectivity index is 2.49. The summed E-state index contributed by atoms with van der Waals surface area (Å²) in [6.07, 6.45) is 0.539. The fourth-order valence-corrected chi connectivity index (χ4v) is 1.55. The van der Waals surface area contributed by atoms with Crippen molar-refractivity contribution in [2.45, 2.75) is 32.7 Å². The van der Waals surface area contributed by atoms with Crippen LogP contribution in [0.1, 0.15) is 23.4 Å². The molecule has 100 valence electrons. The number of hydrogen-bond acceptors (Lipinski definition) is 5. The molecule has 18 heavy (non-hydrogen) atoms. The van der Waals surface area contributed by atoms with Crippen LogP contribution in [0.15, 0.2) is 4.52 Å². The third-order valence-corrected chi connectivity index (χ3v) is 2.60. The number of amides is 1. The van der Waals surface area contributed by atoms with Crippen LogP contribution in [0.2, 0.25) is 0 Å². The molecular formula is C11H16N2O5. The summed E-state index contributed by atoms with van der Waals surface area (Å²) in [5, 5.41) is 23.4. The van der Waals surface area contributed by atoms with E-state index in [1.165, 1.54) is 0 Å². The molecule has 0 saturated heterocycles. The highest BCUT2D eigenvalue weighted by Crippen LogP contribution is 2.14. The van der Waals surface area contributed by atoms with Gasteiger partial charge < -0.3 is 20.1 Å². The molecule has 1 atom stereocenters. The molecule has 0 aromatic carbocycles. The Kier molecular flexibility index (Phi) is 4.85. The minimum absolute atomic E-state index is 0.118. The second-order valence-electron chi connectivity index (χ2n) is 3.94. The van der Waals surface area contributed by atoms with Crippen LogP contribution in [-0.4, -0.2) is 39.9 Å². The summed E-state index contributed by atoms with van der Waals surface area (Å²) >= 11 is 0. The standard InChI is InChI=1S/C11H16N2O5/c1-6-8(7(2)18-13-6)3-4-10(15)12-9(5-14)11(16)17/h9,14H,3-5H2,1-2H3,(H,12,15)(H,16,17)/t9-/m0/s1. The number of aliphatic hydroxyl groups is 1. The molecule has 0 aliphatic rings. The maximum Gasteiger partial charge on any atom is 0.328 e. The van der Waals surface area contributed by atoms with Gasteiger partial charge in [0.2, 0.25) is 5.91 Å². The van der Waals surface area contributed by atoms with Gasteiger partial charge in [-0.1, -0.05) is 5.16 Å². The first kappa shape index (κ1) is 14.2. The number of aliphatic hydroxyl groups excluding tert-OH is 1. The molecule has 0 saturated carbocycles. The number of carbonyl (C=O) groups excluding carboxylic acids is 1. The van der Waals surface area contributed by atoms with Gasteiger partial charge in [-0.25, -0.2) is 4.79 Å². The predicted molar refractivity (Wildman–Crippen MR) is 61.0 cm³/mol. The molecule has 0 spiro atoms. The SMILES string of the molecule is Cc1noc(C)c1CCC(=O)N[C@@H](CO)C(=O)O. The first-order valence-corrected chi connectivity index (χ1v) is 5.50. The smallest absolute Gasteiger partial charge is 0.328 e. The zero-order valence-corrected chi connectivity index (χ0v) is 10.3. The Morgan fingerprint density at radius 1 is 1.44 bits per heavy atom. The lowest BCUT2D eigenvalue weighted by molar-refractivity contribution is -0.142. The van der Waals surface area contributed by atoms with Gasteiger partial charge in [0, 0.05) is 12.0 Å². The summed E-state index contributed by atoms with van der Waals surface area (Å²) in [4.78, 5) is 22.1. The Labute approximate surface area is 104 Å². The topological polar surface area (TPSA) is 113 Å². The Bertz CT molecular complexity index is 421. The van der Waals surface area contributed by atoms with E-state index in [0.29, 0.717) is 12.2 Å². The molecule has 7 heteroatoms. The van der Waals surface area contributed by atoms with Crippen molar-refractivity contribution in [3.63, 3.8) is 0 Å². The number of aromatic nitrogens is 1. The number of aliphatic carboxylic acids is 1. The number of nitrogens with one attached hydrogen (secondary N) is 1. The van der Waals surface area contributed by atoms with Crippen molar-refractivity contribution >= 4 is 11.9 Å². The Hall–Kier alpha value is -1.89. The van der Waals surface area contributed by atoms with Crippen molar-refractivity contribution < 1.29 is 24.3 Å². The first-order valence-electron chi connectivity index (χ1n) is 5.50. The van der Waals surface area contributed by atoms with Gasteiger partial charge >= 0.3 is 5.97 Å². The van der Waals surface area contributed by atoms with Crippen LogP contribution in [0.25, 0.3) is 0 Å². The summed E-state index contributed by atoms with van der Waals surface area (Å²) in [6, 6.07) is -1.26. The normalized spacial score (nSPS) is 12.2. The van der Waals surface area contributed by atoms with E-state index >= 15 is 0 Å².